The Labute approximate surface area is 165 Å². The molecule has 4 heteroatoms. The van der Waals surface area contributed by atoms with E-state index < -0.39 is 9.84 Å². The maximum atomic E-state index is 12.5. The molecule has 3 nitrogen and oxygen atoms in total. The van der Waals surface area contributed by atoms with E-state index in [9.17, 15) is 13.2 Å². The highest BCUT2D eigenvalue weighted by Crippen LogP contribution is 2.21. The lowest BCUT2D eigenvalue weighted by molar-refractivity contribution is 0.104. The number of hydrogen-bond acceptors (Lipinski definition) is 3. The molecule has 0 saturated carbocycles. The van der Waals surface area contributed by atoms with E-state index in [0.717, 1.165) is 21.9 Å². The van der Waals surface area contributed by atoms with Crippen molar-refractivity contribution in [1.82, 2.24) is 0 Å². The average molecular weight is 388 g/mol. The van der Waals surface area contributed by atoms with Crippen LogP contribution < -0.4 is 0 Å². The van der Waals surface area contributed by atoms with E-state index in [2.05, 4.69) is 0 Å². The van der Waals surface area contributed by atoms with Crippen LogP contribution in [0.2, 0.25) is 0 Å². The summed E-state index contributed by atoms with van der Waals surface area (Å²) in [4.78, 5) is 12.8. The van der Waals surface area contributed by atoms with Crippen LogP contribution in [0.25, 0.3) is 10.8 Å². The Kier molecular flexibility index (Phi) is 6.02. The molecule has 0 radical (unpaired) electrons. The molecule has 0 unspecified atom stereocenters. The van der Waals surface area contributed by atoms with Crippen LogP contribution in [0, 0.1) is 0 Å². The van der Waals surface area contributed by atoms with Gasteiger partial charge in [0.25, 0.3) is 0 Å². The van der Waals surface area contributed by atoms with Crippen molar-refractivity contribution >= 4 is 26.4 Å². The van der Waals surface area contributed by atoms with Crippen molar-refractivity contribution in [2.75, 3.05) is 6.26 Å². The molecule has 0 spiro atoms. The lowest BCUT2D eigenvalue weighted by Gasteiger charge is -2.05. The normalized spacial score (nSPS) is 10.8. The molecule has 0 saturated heterocycles. The summed E-state index contributed by atoms with van der Waals surface area (Å²) in [6, 6.07) is 31.6. The summed E-state index contributed by atoms with van der Waals surface area (Å²) in [5.41, 5.74) is 1.49. The second-order valence-electron chi connectivity index (χ2n) is 6.31. The summed E-state index contributed by atoms with van der Waals surface area (Å²) in [6.07, 6.45) is 1.20. The topological polar surface area (TPSA) is 51.2 Å². The van der Waals surface area contributed by atoms with Crippen molar-refractivity contribution in [1.29, 1.82) is 0 Å². The van der Waals surface area contributed by atoms with Crippen molar-refractivity contribution in [3.05, 3.63) is 114 Å². The van der Waals surface area contributed by atoms with Gasteiger partial charge >= 0.3 is 0 Å². The Hall–Kier alpha value is -3.24. The second kappa shape index (κ2) is 8.63. The number of carbonyl (C=O) groups is 1. The number of fused-ring (bicyclic) bond motifs is 1. The van der Waals surface area contributed by atoms with Gasteiger partial charge in [-0.05, 0) is 22.9 Å². The largest absolute Gasteiger partial charge is 0.289 e. The molecule has 0 amide bonds. The first kappa shape index (κ1) is 19.5. The highest BCUT2D eigenvalue weighted by Gasteiger charge is 2.11. The van der Waals surface area contributed by atoms with E-state index in [-0.39, 0.29) is 5.78 Å². The molecule has 140 valence electrons. The summed E-state index contributed by atoms with van der Waals surface area (Å²) in [7, 11) is -3.00. The summed E-state index contributed by atoms with van der Waals surface area (Å²) >= 11 is 0. The zero-order valence-corrected chi connectivity index (χ0v) is 16.3. The lowest BCUT2D eigenvalue weighted by atomic mass is 9.97. The molecule has 0 fully saturated rings. The van der Waals surface area contributed by atoms with Gasteiger partial charge in [0, 0.05) is 17.4 Å². The van der Waals surface area contributed by atoms with Crippen LogP contribution >= 0.6 is 0 Å². The van der Waals surface area contributed by atoms with Crippen LogP contribution in [0.4, 0.5) is 0 Å². The summed E-state index contributed by atoms with van der Waals surface area (Å²) in [5, 5.41) is 2.10. The maximum Gasteiger partial charge on any atom is 0.193 e. The third-order valence-electron chi connectivity index (χ3n) is 4.24. The standard InChI is InChI=1S/C17H12O.C7H8O2S/c18-17(14-8-2-1-3-9-14)16-12-6-10-13-7-4-5-11-15(13)16;1-10(8,9)7-5-3-2-4-6-7/h1-12H;2-6H,1H3. The molecule has 4 aromatic carbocycles. The first-order valence-corrected chi connectivity index (χ1v) is 10.7. The predicted molar refractivity (Wildman–Crippen MR) is 113 cm³/mol. The van der Waals surface area contributed by atoms with Crippen LogP contribution in [-0.4, -0.2) is 20.5 Å². The molecule has 0 heterocycles. The van der Waals surface area contributed by atoms with Crippen molar-refractivity contribution in [3.8, 4) is 0 Å². The van der Waals surface area contributed by atoms with Gasteiger partial charge in [-0.3, -0.25) is 4.79 Å². The van der Waals surface area contributed by atoms with Crippen molar-refractivity contribution in [2.24, 2.45) is 0 Å². The molecule has 0 bridgehead atoms. The molecule has 4 aromatic rings. The highest BCUT2D eigenvalue weighted by atomic mass is 32.2. The van der Waals surface area contributed by atoms with Crippen LogP contribution in [0.5, 0.6) is 0 Å². The van der Waals surface area contributed by atoms with E-state index in [1.54, 1.807) is 30.3 Å². The first-order chi connectivity index (χ1) is 13.5. The molecule has 28 heavy (non-hydrogen) atoms. The van der Waals surface area contributed by atoms with E-state index >= 15 is 0 Å². The fraction of sp³-hybridized carbons (Fsp3) is 0.0417. The minimum Gasteiger partial charge on any atom is -0.289 e. The minimum absolute atomic E-state index is 0.0763. The zero-order chi connectivity index (χ0) is 20.0. The van der Waals surface area contributed by atoms with Gasteiger partial charge in [0.15, 0.2) is 15.6 Å². The molecule has 0 aliphatic rings. The van der Waals surface area contributed by atoms with Crippen LogP contribution in [0.3, 0.4) is 0 Å². The van der Waals surface area contributed by atoms with Gasteiger partial charge in [-0.15, -0.1) is 0 Å². The number of hydrogen-bond donors (Lipinski definition) is 0. The number of ketones is 1. The predicted octanol–water partition coefficient (Wildman–Crippen LogP) is 5.16. The minimum atomic E-state index is -3.00. The van der Waals surface area contributed by atoms with Crippen LogP contribution in [-0.2, 0) is 9.84 Å². The highest BCUT2D eigenvalue weighted by molar-refractivity contribution is 7.90. The molecular weight excluding hydrogens is 368 g/mol. The smallest absolute Gasteiger partial charge is 0.193 e. The monoisotopic (exact) mass is 388 g/mol. The summed E-state index contributed by atoms with van der Waals surface area (Å²) in [5.74, 6) is 0.0763. The average Bonchev–Trinajstić information content (AvgIpc) is 2.74. The molecule has 0 N–H and O–H groups in total. The van der Waals surface area contributed by atoms with Gasteiger partial charge in [0.1, 0.15) is 0 Å². The van der Waals surface area contributed by atoms with E-state index in [1.807, 2.05) is 72.8 Å². The first-order valence-electron chi connectivity index (χ1n) is 8.79. The van der Waals surface area contributed by atoms with Gasteiger partial charge in [-0.25, -0.2) is 8.42 Å². The summed E-state index contributed by atoms with van der Waals surface area (Å²) in [6.45, 7) is 0. The SMILES string of the molecule is CS(=O)(=O)c1ccccc1.O=C(c1ccccc1)c1cccc2ccccc12. The van der Waals surface area contributed by atoms with Gasteiger partial charge < -0.3 is 0 Å². The van der Waals surface area contributed by atoms with Gasteiger partial charge in [0.05, 0.1) is 4.90 Å². The van der Waals surface area contributed by atoms with Crippen molar-refractivity contribution in [3.63, 3.8) is 0 Å². The summed E-state index contributed by atoms with van der Waals surface area (Å²) < 4.78 is 21.7. The van der Waals surface area contributed by atoms with E-state index in [4.69, 9.17) is 0 Å². The van der Waals surface area contributed by atoms with Crippen molar-refractivity contribution in [2.45, 2.75) is 4.90 Å². The van der Waals surface area contributed by atoms with Crippen molar-refractivity contribution < 1.29 is 13.2 Å². The Morgan fingerprint density at radius 1 is 0.643 bits per heavy atom. The zero-order valence-electron chi connectivity index (χ0n) is 15.4. The third-order valence-corrected chi connectivity index (χ3v) is 5.37. The fourth-order valence-electron chi connectivity index (χ4n) is 2.84. The number of rotatable bonds is 3. The van der Waals surface area contributed by atoms with Crippen LogP contribution in [0.15, 0.2) is 108 Å². The van der Waals surface area contributed by atoms with Gasteiger partial charge in [-0.2, -0.15) is 0 Å². The third kappa shape index (κ3) is 4.72. The maximum absolute atomic E-state index is 12.5. The van der Waals surface area contributed by atoms with Gasteiger partial charge in [0.2, 0.25) is 0 Å². The molecule has 0 atom stereocenters. The van der Waals surface area contributed by atoms with Crippen LogP contribution in [0.1, 0.15) is 15.9 Å². The Bertz CT molecular complexity index is 1180. The quantitative estimate of drug-likeness (QED) is 0.456. The molecule has 0 aromatic heterocycles. The molecule has 0 aliphatic carbocycles. The Morgan fingerprint density at radius 2 is 1.18 bits per heavy atom. The second-order valence-corrected chi connectivity index (χ2v) is 8.32. The Morgan fingerprint density at radius 3 is 1.79 bits per heavy atom. The molecule has 0 aliphatic heterocycles. The number of carbonyl (C=O) groups excluding carboxylic acids is 1. The number of benzene rings is 4. The van der Waals surface area contributed by atoms with E-state index in [1.165, 1.54) is 6.26 Å². The lowest BCUT2D eigenvalue weighted by Crippen LogP contribution is -2.01. The molecule has 4 rings (SSSR count). The molecular formula is C24H20O3S. The van der Waals surface area contributed by atoms with Gasteiger partial charge in [-0.1, -0.05) is 91.0 Å². The number of sulfone groups is 1. The van der Waals surface area contributed by atoms with E-state index in [0.29, 0.717) is 4.90 Å². The Balaban J connectivity index is 0.000000192. The fourth-order valence-corrected chi connectivity index (χ4v) is 3.49.